The number of nitro benzene ring substituents is 1. The fraction of sp³-hybridized carbons (Fsp3) is 0.500. The van der Waals surface area contributed by atoms with Crippen LogP contribution in [0.5, 0.6) is 0 Å². The van der Waals surface area contributed by atoms with Gasteiger partial charge in [-0.3, -0.25) is 10.1 Å². The lowest BCUT2D eigenvalue weighted by Crippen LogP contribution is -2.33. The molecule has 2 rings (SSSR count). The van der Waals surface area contributed by atoms with Crippen LogP contribution in [0.1, 0.15) is 25.8 Å². The molecule has 0 spiro atoms. The number of hydrogen-bond acceptors (Lipinski definition) is 6. The minimum absolute atomic E-state index is 0.0616. The molecule has 1 fully saturated rings. The average molecular weight is 323 g/mol. The van der Waals surface area contributed by atoms with Gasteiger partial charge in [0.05, 0.1) is 27.1 Å². The van der Waals surface area contributed by atoms with Gasteiger partial charge in [-0.15, -0.1) is 0 Å². The van der Waals surface area contributed by atoms with Gasteiger partial charge in [-0.05, 0) is 32.4 Å². The van der Waals surface area contributed by atoms with Crippen LogP contribution < -0.4 is 4.90 Å². The van der Waals surface area contributed by atoms with Crippen LogP contribution in [0.4, 0.5) is 11.4 Å². The largest absolute Gasteiger partial charge is 0.365 e. The maximum atomic E-state index is 12.2. The summed E-state index contributed by atoms with van der Waals surface area (Å²) in [6.45, 7) is 3.92. The molecule has 118 valence electrons. The van der Waals surface area contributed by atoms with Crippen molar-refractivity contribution >= 4 is 21.2 Å². The molecule has 1 aliphatic heterocycles. The lowest BCUT2D eigenvalue weighted by molar-refractivity contribution is -0.384. The SMILES string of the molecule is CC1(C)CCN(c2cc(C#N)ccc2[N+](=O)[O-])CCS1(=O)=O. The summed E-state index contributed by atoms with van der Waals surface area (Å²) in [5.41, 5.74) is 0.500. The first-order chi connectivity index (χ1) is 10.2. The molecule has 8 heteroatoms. The van der Waals surface area contributed by atoms with Crippen LogP contribution in [0.3, 0.4) is 0 Å². The van der Waals surface area contributed by atoms with Gasteiger partial charge in [0.25, 0.3) is 5.69 Å². The molecule has 1 saturated heterocycles. The maximum Gasteiger partial charge on any atom is 0.292 e. The van der Waals surface area contributed by atoms with E-state index in [1.807, 2.05) is 6.07 Å². The molecule has 0 aromatic heterocycles. The molecule has 0 aliphatic carbocycles. The van der Waals surface area contributed by atoms with Gasteiger partial charge >= 0.3 is 0 Å². The molecule has 1 aromatic carbocycles. The van der Waals surface area contributed by atoms with Gasteiger partial charge in [0.15, 0.2) is 9.84 Å². The van der Waals surface area contributed by atoms with Gasteiger partial charge < -0.3 is 4.90 Å². The van der Waals surface area contributed by atoms with Crippen molar-refractivity contribution in [3.8, 4) is 6.07 Å². The standard InChI is InChI=1S/C14H17N3O4S/c1-14(2)5-6-16(7-8-22(14,20)21)13-9-11(10-15)3-4-12(13)17(18)19/h3-4,9H,5-8H2,1-2H3. The number of hydrogen-bond donors (Lipinski definition) is 0. The Morgan fingerprint density at radius 1 is 1.36 bits per heavy atom. The predicted octanol–water partition coefficient (Wildman–Crippen LogP) is 1.87. The fourth-order valence-electron chi connectivity index (χ4n) is 2.42. The summed E-state index contributed by atoms with van der Waals surface area (Å²) >= 11 is 0. The maximum absolute atomic E-state index is 12.2. The van der Waals surface area contributed by atoms with E-state index in [4.69, 9.17) is 5.26 Å². The third-order valence-corrected chi connectivity index (χ3v) is 6.71. The first-order valence-electron chi connectivity index (χ1n) is 6.84. The van der Waals surface area contributed by atoms with Crippen LogP contribution in [0.2, 0.25) is 0 Å². The quantitative estimate of drug-likeness (QED) is 0.608. The smallest absolute Gasteiger partial charge is 0.292 e. The Hall–Kier alpha value is -2.14. The van der Waals surface area contributed by atoms with Crippen LogP contribution in [0.15, 0.2) is 18.2 Å². The highest BCUT2D eigenvalue weighted by Gasteiger charge is 2.38. The number of nitrogens with zero attached hydrogens (tertiary/aromatic N) is 3. The van der Waals surface area contributed by atoms with E-state index >= 15 is 0 Å². The first-order valence-corrected chi connectivity index (χ1v) is 8.49. The molecule has 0 unspecified atom stereocenters. The number of sulfone groups is 1. The zero-order valence-electron chi connectivity index (χ0n) is 12.4. The van der Waals surface area contributed by atoms with Crippen molar-refractivity contribution in [2.45, 2.75) is 25.0 Å². The second-order valence-electron chi connectivity index (χ2n) is 5.89. The zero-order valence-corrected chi connectivity index (χ0v) is 13.3. The van der Waals surface area contributed by atoms with E-state index in [-0.39, 0.29) is 18.0 Å². The van der Waals surface area contributed by atoms with E-state index in [0.717, 1.165) is 0 Å². The van der Waals surface area contributed by atoms with E-state index in [1.54, 1.807) is 18.7 Å². The second kappa shape index (κ2) is 5.57. The number of anilines is 1. The number of nitriles is 1. The molecular formula is C14H17N3O4S. The third-order valence-electron chi connectivity index (χ3n) is 4.10. The Morgan fingerprint density at radius 2 is 2.05 bits per heavy atom. The highest BCUT2D eigenvalue weighted by atomic mass is 32.2. The third kappa shape index (κ3) is 2.90. The number of nitro groups is 1. The summed E-state index contributed by atoms with van der Waals surface area (Å²) in [4.78, 5) is 12.4. The molecule has 1 aromatic rings. The highest BCUT2D eigenvalue weighted by Crippen LogP contribution is 2.33. The van der Waals surface area contributed by atoms with Gasteiger partial charge in [-0.1, -0.05) is 0 Å². The zero-order chi connectivity index (χ0) is 16.5. The van der Waals surface area contributed by atoms with Crippen molar-refractivity contribution in [2.24, 2.45) is 0 Å². The average Bonchev–Trinajstić information content (AvgIpc) is 2.55. The minimum atomic E-state index is -3.26. The second-order valence-corrected chi connectivity index (χ2v) is 8.63. The lowest BCUT2D eigenvalue weighted by Gasteiger charge is -2.23. The van der Waals surface area contributed by atoms with Gasteiger partial charge in [0, 0.05) is 19.2 Å². The van der Waals surface area contributed by atoms with E-state index < -0.39 is 19.5 Å². The van der Waals surface area contributed by atoms with E-state index in [9.17, 15) is 18.5 Å². The highest BCUT2D eigenvalue weighted by molar-refractivity contribution is 7.92. The van der Waals surface area contributed by atoms with E-state index in [1.165, 1.54) is 18.2 Å². The molecule has 1 aliphatic rings. The topological polar surface area (TPSA) is 104 Å². The first kappa shape index (κ1) is 16.2. The van der Waals surface area contributed by atoms with Gasteiger partial charge in [0.2, 0.25) is 0 Å². The summed E-state index contributed by atoms with van der Waals surface area (Å²) in [5, 5.41) is 20.2. The Labute approximate surface area is 129 Å². The van der Waals surface area contributed by atoms with Crippen molar-refractivity contribution < 1.29 is 13.3 Å². The van der Waals surface area contributed by atoms with Gasteiger partial charge in [0.1, 0.15) is 5.69 Å². The number of rotatable bonds is 2. The van der Waals surface area contributed by atoms with Crippen molar-refractivity contribution in [1.82, 2.24) is 0 Å². The Bertz CT molecular complexity index is 750. The Morgan fingerprint density at radius 3 is 2.64 bits per heavy atom. The van der Waals surface area contributed by atoms with Crippen molar-refractivity contribution in [1.29, 1.82) is 5.26 Å². The summed E-state index contributed by atoms with van der Waals surface area (Å²) in [6, 6.07) is 6.08. The van der Waals surface area contributed by atoms with Crippen LogP contribution >= 0.6 is 0 Å². The molecule has 0 saturated carbocycles. The fourth-order valence-corrected chi connectivity index (χ4v) is 3.84. The van der Waals surface area contributed by atoms with Crippen LogP contribution in [-0.2, 0) is 9.84 Å². The minimum Gasteiger partial charge on any atom is -0.365 e. The normalized spacial score (nSPS) is 20.0. The molecule has 1 heterocycles. The van der Waals surface area contributed by atoms with Gasteiger partial charge in [-0.2, -0.15) is 5.26 Å². The summed E-state index contributed by atoms with van der Waals surface area (Å²) in [7, 11) is -3.26. The molecule has 22 heavy (non-hydrogen) atoms. The Balaban J connectivity index is 2.44. The van der Waals surface area contributed by atoms with Crippen molar-refractivity contribution in [2.75, 3.05) is 23.7 Å². The van der Waals surface area contributed by atoms with Crippen LogP contribution in [-0.4, -0.2) is 36.9 Å². The van der Waals surface area contributed by atoms with Crippen LogP contribution in [0.25, 0.3) is 0 Å². The van der Waals surface area contributed by atoms with Gasteiger partial charge in [-0.25, -0.2) is 8.42 Å². The molecular weight excluding hydrogens is 306 g/mol. The molecule has 0 N–H and O–H groups in total. The summed E-state index contributed by atoms with van der Waals surface area (Å²) in [6.07, 6.45) is 0.378. The lowest BCUT2D eigenvalue weighted by atomic mass is 10.1. The monoisotopic (exact) mass is 323 g/mol. The molecule has 0 atom stereocenters. The molecule has 0 radical (unpaired) electrons. The molecule has 0 amide bonds. The molecule has 0 bridgehead atoms. The van der Waals surface area contributed by atoms with Crippen molar-refractivity contribution in [3.05, 3.63) is 33.9 Å². The molecule has 7 nitrogen and oxygen atoms in total. The van der Waals surface area contributed by atoms with E-state index in [2.05, 4.69) is 0 Å². The van der Waals surface area contributed by atoms with Crippen LogP contribution in [0, 0.1) is 21.4 Å². The summed E-state index contributed by atoms with van der Waals surface area (Å²) in [5.74, 6) is -0.0616. The van der Waals surface area contributed by atoms with E-state index in [0.29, 0.717) is 24.2 Å². The predicted molar refractivity (Wildman–Crippen MR) is 82.5 cm³/mol. The summed E-state index contributed by atoms with van der Waals surface area (Å²) < 4.78 is 23.6. The number of benzene rings is 1. The Kier molecular flexibility index (Phi) is 4.11. The van der Waals surface area contributed by atoms with Crippen molar-refractivity contribution in [3.63, 3.8) is 0 Å².